The van der Waals surface area contributed by atoms with E-state index < -0.39 is 0 Å². The fourth-order valence-electron chi connectivity index (χ4n) is 3.80. The quantitative estimate of drug-likeness (QED) is 0.356. The Morgan fingerprint density at radius 3 is 2.53 bits per heavy atom. The third-order valence-corrected chi connectivity index (χ3v) is 7.05. The van der Waals surface area contributed by atoms with E-state index in [4.69, 9.17) is 0 Å². The second kappa shape index (κ2) is 11.8. The molecule has 3 rings (SSSR count). The van der Waals surface area contributed by atoms with Crippen molar-refractivity contribution in [2.45, 2.75) is 78.0 Å². The monoisotopic (exact) mass is 442 g/mol. The molecule has 0 radical (unpaired) electrons. The largest absolute Gasteiger partial charge is 0.206 e. The number of hydrogen-bond acceptors (Lipinski definition) is 2. The molecule has 0 aromatic heterocycles. The van der Waals surface area contributed by atoms with Crippen LogP contribution in [0.5, 0.6) is 0 Å². The van der Waals surface area contributed by atoms with Crippen LogP contribution in [0.15, 0.2) is 46.7 Å². The molecule has 0 bridgehead atoms. The van der Waals surface area contributed by atoms with Gasteiger partial charge in [0.1, 0.15) is 5.82 Å². The molecular weight excluding hydrogens is 407 g/mol. The fourth-order valence-corrected chi connectivity index (χ4v) is 4.77. The number of fused-ring (bicyclic) bond motifs is 1. The van der Waals surface area contributed by atoms with Gasteiger partial charge in [0.05, 0.1) is 0 Å². The summed E-state index contributed by atoms with van der Waals surface area (Å²) < 4.78 is 15.1. The van der Waals surface area contributed by atoms with Crippen molar-refractivity contribution < 1.29 is 4.39 Å². The fraction of sp³-hybridized carbons (Fsp3) is 0.407. The highest BCUT2D eigenvalue weighted by atomic mass is 32.2. The van der Waals surface area contributed by atoms with E-state index in [-0.39, 0.29) is 5.82 Å². The van der Waals surface area contributed by atoms with E-state index in [1.54, 1.807) is 0 Å². The second-order valence-corrected chi connectivity index (χ2v) is 9.32. The van der Waals surface area contributed by atoms with Gasteiger partial charge in [-0.15, -0.1) is 12.6 Å². The first-order chi connectivity index (χ1) is 14.4. The third kappa shape index (κ3) is 6.28. The molecule has 0 nitrogen and oxygen atoms in total. The molecule has 2 aromatic rings. The van der Waals surface area contributed by atoms with Crippen LogP contribution < -0.4 is 0 Å². The summed E-state index contributed by atoms with van der Waals surface area (Å²) in [6.45, 7) is 14.5. The van der Waals surface area contributed by atoms with Crippen LogP contribution in [0.1, 0.15) is 73.4 Å². The van der Waals surface area contributed by atoms with Crippen LogP contribution in [0.25, 0.3) is 4.91 Å². The predicted molar refractivity (Wildman–Crippen MR) is 136 cm³/mol. The minimum atomic E-state index is -0.0567. The van der Waals surface area contributed by atoms with Gasteiger partial charge < -0.3 is 0 Å². The molecule has 162 valence electrons. The van der Waals surface area contributed by atoms with E-state index in [1.165, 1.54) is 46.0 Å². The molecule has 0 unspecified atom stereocenters. The summed E-state index contributed by atoms with van der Waals surface area (Å²) in [7, 11) is 0. The highest BCUT2D eigenvalue weighted by molar-refractivity contribution is 8.10. The van der Waals surface area contributed by atoms with Gasteiger partial charge in [0.25, 0.3) is 0 Å². The van der Waals surface area contributed by atoms with Crippen molar-refractivity contribution in [3.05, 3.63) is 81.0 Å². The van der Waals surface area contributed by atoms with Crippen molar-refractivity contribution in [3.63, 3.8) is 0 Å². The van der Waals surface area contributed by atoms with Crippen molar-refractivity contribution in [2.75, 3.05) is 0 Å². The Kier molecular flexibility index (Phi) is 9.77. The molecule has 0 heterocycles. The van der Waals surface area contributed by atoms with E-state index in [9.17, 15) is 0 Å². The number of thiol groups is 1. The molecule has 0 saturated carbocycles. The molecular formula is C27H35FS2. The Morgan fingerprint density at radius 1 is 1.10 bits per heavy atom. The van der Waals surface area contributed by atoms with Crippen molar-refractivity contribution in [2.24, 2.45) is 0 Å². The van der Waals surface area contributed by atoms with E-state index in [0.29, 0.717) is 5.56 Å². The number of rotatable bonds is 5. The van der Waals surface area contributed by atoms with E-state index in [0.717, 1.165) is 47.5 Å². The average molecular weight is 443 g/mol. The van der Waals surface area contributed by atoms with E-state index in [2.05, 4.69) is 63.6 Å². The van der Waals surface area contributed by atoms with Gasteiger partial charge in [-0.05, 0) is 92.2 Å². The minimum absolute atomic E-state index is 0.0567. The van der Waals surface area contributed by atoms with Crippen LogP contribution in [0.2, 0.25) is 0 Å². The molecule has 1 aliphatic rings. The molecule has 1 aliphatic carbocycles. The van der Waals surface area contributed by atoms with Gasteiger partial charge >= 0.3 is 0 Å². The van der Waals surface area contributed by atoms with Crippen LogP contribution in [0.3, 0.4) is 0 Å². The Labute approximate surface area is 192 Å². The molecule has 0 fully saturated rings. The Balaban J connectivity index is 0.00000155. The molecule has 2 aromatic carbocycles. The molecule has 0 spiro atoms. The normalized spacial score (nSPS) is 13.8. The lowest BCUT2D eigenvalue weighted by atomic mass is 9.99. The standard InChI is InChI=1S/C25H29FS2.C2H6/c1-16(12-21-13-18(3)24(27)14-17(21)2)15-28-19(4)22-11-10-20-8-6-5-7-9-23(20)25(22)26;1-2/h10-11,13-15,27H,4-9,12H2,1-3H3;1-2H3/b16-15+;. The minimum Gasteiger partial charge on any atom is -0.206 e. The lowest BCUT2D eigenvalue weighted by Gasteiger charge is -2.13. The van der Waals surface area contributed by atoms with E-state index >= 15 is 4.39 Å². The zero-order chi connectivity index (χ0) is 22.3. The van der Waals surface area contributed by atoms with Gasteiger partial charge in [0, 0.05) is 15.4 Å². The number of benzene rings is 2. The third-order valence-electron chi connectivity index (χ3n) is 5.54. The molecule has 30 heavy (non-hydrogen) atoms. The molecule has 3 heteroatoms. The van der Waals surface area contributed by atoms with Crippen molar-refractivity contribution in [1.82, 2.24) is 0 Å². The van der Waals surface area contributed by atoms with E-state index in [1.807, 2.05) is 19.9 Å². The van der Waals surface area contributed by atoms with Crippen LogP contribution in [-0.4, -0.2) is 0 Å². The summed E-state index contributed by atoms with van der Waals surface area (Å²) >= 11 is 6.03. The van der Waals surface area contributed by atoms with Crippen molar-refractivity contribution >= 4 is 29.3 Å². The Morgan fingerprint density at radius 2 is 1.80 bits per heavy atom. The topological polar surface area (TPSA) is 0 Å². The van der Waals surface area contributed by atoms with Gasteiger partial charge in [-0.25, -0.2) is 4.39 Å². The first kappa shape index (κ1) is 24.8. The lowest BCUT2D eigenvalue weighted by molar-refractivity contribution is 0.601. The van der Waals surface area contributed by atoms with Gasteiger partial charge in [-0.3, -0.25) is 0 Å². The van der Waals surface area contributed by atoms with Crippen LogP contribution in [0.4, 0.5) is 4.39 Å². The smallest absolute Gasteiger partial charge is 0.134 e. The second-order valence-electron chi connectivity index (χ2n) is 7.87. The lowest BCUT2D eigenvalue weighted by Crippen LogP contribution is -1.99. The van der Waals surface area contributed by atoms with Gasteiger partial charge in [0.15, 0.2) is 0 Å². The number of thioether (sulfide) groups is 1. The summed E-state index contributed by atoms with van der Waals surface area (Å²) in [5.74, 6) is -0.0567. The van der Waals surface area contributed by atoms with Gasteiger partial charge in [-0.1, -0.05) is 62.4 Å². The molecule has 0 N–H and O–H groups in total. The van der Waals surface area contributed by atoms with Gasteiger partial charge in [-0.2, -0.15) is 0 Å². The van der Waals surface area contributed by atoms with Crippen LogP contribution >= 0.6 is 24.4 Å². The van der Waals surface area contributed by atoms with Crippen molar-refractivity contribution in [1.29, 1.82) is 0 Å². The highest BCUT2D eigenvalue weighted by Crippen LogP contribution is 2.34. The average Bonchev–Trinajstić information content (AvgIpc) is 2.98. The summed E-state index contributed by atoms with van der Waals surface area (Å²) in [4.78, 5) is 1.81. The number of aryl methyl sites for hydroxylation is 3. The SMILES string of the molecule is C=C(S/C=C(\C)Cc1cc(C)c(S)cc1C)c1ccc2c(c1F)CCCCC2.CC. The first-order valence-electron chi connectivity index (χ1n) is 11.0. The maximum absolute atomic E-state index is 15.1. The predicted octanol–water partition coefficient (Wildman–Crippen LogP) is 8.88. The molecule has 0 amide bonds. The number of allylic oxidation sites excluding steroid dienone is 1. The Bertz CT molecular complexity index is 925. The highest BCUT2D eigenvalue weighted by Gasteiger charge is 2.17. The zero-order valence-electron chi connectivity index (χ0n) is 19.1. The van der Waals surface area contributed by atoms with Crippen LogP contribution in [-0.2, 0) is 19.3 Å². The van der Waals surface area contributed by atoms with Crippen molar-refractivity contribution in [3.8, 4) is 0 Å². The molecule has 0 atom stereocenters. The first-order valence-corrected chi connectivity index (χ1v) is 12.3. The molecule has 0 saturated heterocycles. The molecule has 0 aliphatic heterocycles. The summed E-state index contributed by atoms with van der Waals surface area (Å²) in [6, 6.07) is 8.35. The van der Waals surface area contributed by atoms with Crippen LogP contribution in [0, 0.1) is 19.7 Å². The maximum Gasteiger partial charge on any atom is 0.134 e. The summed E-state index contributed by atoms with van der Waals surface area (Å²) in [5.41, 5.74) is 7.75. The maximum atomic E-state index is 15.1. The summed E-state index contributed by atoms with van der Waals surface area (Å²) in [5, 5.41) is 2.11. The number of hydrogen-bond donors (Lipinski definition) is 1. The summed E-state index contributed by atoms with van der Waals surface area (Å²) in [6.07, 6.45) is 6.16. The van der Waals surface area contributed by atoms with Gasteiger partial charge in [0.2, 0.25) is 0 Å². The Hall–Kier alpha value is -1.45. The zero-order valence-corrected chi connectivity index (χ0v) is 20.8. The number of halogens is 1.